The van der Waals surface area contributed by atoms with Gasteiger partial charge in [0.1, 0.15) is 0 Å². The Kier molecular flexibility index (Phi) is 9.60. The Labute approximate surface area is 103 Å². The summed E-state index contributed by atoms with van der Waals surface area (Å²) in [6, 6.07) is 0.158. The van der Waals surface area contributed by atoms with Gasteiger partial charge in [-0.15, -0.1) is 24.2 Å². The first-order valence-electron chi connectivity index (χ1n) is 4.97. The second kappa shape index (κ2) is 8.25. The number of hydrogen-bond acceptors (Lipinski definition) is 3. The summed E-state index contributed by atoms with van der Waals surface area (Å²) in [5, 5.41) is 2.85. The maximum absolute atomic E-state index is 11.3. The molecule has 1 amide bonds. The average molecular weight is 255 g/mol. The van der Waals surface area contributed by atoms with E-state index in [1.54, 1.807) is 11.8 Å². The molecule has 92 valence electrons. The predicted molar refractivity (Wildman–Crippen MR) is 70.7 cm³/mol. The Morgan fingerprint density at radius 1 is 1.47 bits per heavy atom. The normalized spacial score (nSPS) is 12.9. The zero-order chi connectivity index (χ0) is 11.2. The number of nitrogens with one attached hydrogen (secondary N) is 1. The predicted octanol–water partition coefficient (Wildman–Crippen LogP) is 1.79. The molecule has 0 fully saturated rings. The molecular formula is C10H23ClN2OS. The fourth-order valence-electron chi connectivity index (χ4n) is 0.772. The monoisotopic (exact) mass is 254 g/mol. The fraction of sp³-hybridized carbons (Fsp3) is 0.900. The van der Waals surface area contributed by atoms with Crippen molar-refractivity contribution in [2.24, 2.45) is 5.73 Å². The van der Waals surface area contributed by atoms with Crippen LogP contribution in [0.2, 0.25) is 0 Å². The van der Waals surface area contributed by atoms with Crippen LogP contribution in [0.1, 0.15) is 34.1 Å². The SMILES string of the molecule is CC(N)CCNC(=O)CSC(C)(C)C.Cl. The van der Waals surface area contributed by atoms with Crippen LogP contribution >= 0.6 is 24.2 Å². The fourth-order valence-corrected chi connectivity index (χ4v) is 1.44. The summed E-state index contributed by atoms with van der Waals surface area (Å²) >= 11 is 1.66. The molecule has 0 rings (SSSR count). The molecule has 3 N–H and O–H groups in total. The number of carbonyl (C=O) groups excluding carboxylic acids is 1. The van der Waals surface area contributed by atoms with Gasteiger partial charge in [-0.05, 0) is 13.3 Å². The Morgan fingerprint density at radius 2 is 2.00 bits per heavy atom. The molecule has 0 aliphatic rings. The van der Waals surface area contributed by atoms with E-state index in [1.807, 2.05) is 6.92 Å². The van der Waals surface area contributed by atoms with Gasteiger partial charge in [-0.3, -0.25) is 4.79 Å². The molecule has 0 heterocycles. The number of rotatable bonds is 5. The second-order valence-electron chi connectivity index (χ2n) is 4.52. The second-order valence-corrected chi connectivity index (χ2v) is 6.32. The van der Waals surface area contributed by atoms with E-state index in [9.17, 15) is 4.79 Å². The molecule has 5 heteroatoms. The highest BCUT2D eigenvalue weighted by Crippen LogP contribution is 2.22. The van der Waals surface area contributed by atoms with Crippen molar-refractivity contribution in [1.82, 2.24) is 5.32 Å². The average Bonchev–Trinajstić information content (AvgIpc) is 1.99. The Balaban J connectivity index is 0. The Bertz CT molecular complexity index is 181. The lowest BCUT2D eigenvalue weighted by Crippen LogP contribution is -2.31. The van der Waals surface area contributed by atoms with Crippen LogP contribution < -0.4 is 11.1 Å². The van der Waals surface area contributed by atoms with Crippen molar-refractivity contribution in [1.29, 1.82) is 0 Å². The highest BCUT2D eigenvalue weighted by molar-refractivity contribution is 8.01. The molecule has 0 aromatic rings. The van der Waals surface area contributed by atoms with Crippen molar-refractivity contribution in [2.75, 3.05) is 12.3 Å². The Morgan fingerprint density at radius 3 is 2.40 bits per heavy atom. The first kappa shape index (κ1) is 17.5. The summed E-state index contributed by atoms with van der Waals surface area (Å²) in [7, 11) is 0. The van der Waals surface area contributed by atoms with Gasteiger partial charge in [0, 0.05) is 17.3 Å². The van der Waals surface area contributed by atoms with E-state index < -0.39 is 0 Å². The molecule has 0 aliphatic carbocycles. The summed E-state index contributed by atoms with van der Waals surface area (Å²) in [6.07, 6.45) is 0.839. The van der Waals surface area contributed by atoms with Crippen LogP contribution in [-0.4, -0.2) is 29.0 Å². The minimum Gasteiger partial charge on any atom is -0.355 e. The molecule has 0 aromatic heterocycles. The maximum Gasteiger partial charge on any atom is 0.230 e. The van der Waals surface area contributed by atoms with Crippen LogP contribution in [0.25, 0.3) is 0 Å². The lowest BCUT2D eigenvalue weighted by atomic mass is 10.2. The molecule has 0 saturated heterocycles. The van der Waals surface area contributed by atoms with Crippen LogP contribution in [0.15, 0.2) is 0 Å². The molecular weight excluding hydrogens is 232 g/mol. The number of amides is 1. The van der Waals surface area contributed by atoms with Crippen molar-refractivity contribution in [3.8, 4) is 0 Å². The topological polar surface area (TPSA) is 55.1 Å². The van der Waals surface area contributed by atoms with Crippen LogP contribution in [0.4, 0.5) is 0 Å². The van der Waals surface area contributed by atoms with E-state index in [0.717, 1.165) is 6.42 Å². The molecule has 0 aromatic carbocycles. The zero-order valence-electron chi connectivity index (χ0n) is 10.0. The number of hydrogen-bond donors (Lipinski definition) is 2. The van der Waals surface area contributed by atoms with Gasteiger partial charge in [0.05, 0.1) is 5.75 Å². The van der Waals surface area contributed by atoms with Crippen LogP contribution in [0.5, 0.6) is 0 Å². The maximum atomic E-state index is 11.3. The van der Waals surface area contributed by atoms with Crippen molar-refractivity contribution >= 4 is 30.1 Å². The summed E-state index contributed by atoms with van der Waals surface area (Å²) in [5.74, 6) is 0.633. The third kappa shape index (κ3) is 14.1. The van der Waals surface area contributed by atoms with Crippen molar-refractivity contribution < 1.29 is 4.79 Å². The van der Waals surface area contributed by atoms with Gasteiger partial charge in [-0.2, -0.15) is 0 Å². The highest BCUT2D eigenvalue weighted by Gasteiger charge is 2.12. The van der Waals surface area contributed by atoms with Gasteiger partial charge in [-0.25, -0.2) is 0 Å². The largest absolute Gasteiger partial charge is 0.355 e. The lowest BCUT2D eigenvalue weighted by Gasteiger charge is -2.17. The van der Waals surface area contributed by atoms with Crippen LogP contribution in [0, 0.1) is 0 Å². The van der Waals surface area contributed by atoms with Crippen molar-refractivity contribution in [3.05, 3.63) is 0 Å². The summed E-state index contributed by atoms with van der Waals surface area (Å²) < 4.78 is 0.151. The van der Waals surface area contributed by atoms with Gasteiger partial charge in [0.15, 0.2) is 0 Å². The van der Waals surface area contributed by atoms with Gasteiger partial charge in [0.25, 0.3) is 0 Å². The standard InChI is InChI=1S/C10H22N2OS.ClH/c1-8(11)5-6-12-9(13)7-14-10(2,3)4;/h8H,5-7,11H2,1-4H3,(H,12,13);1H. The van der Waals surface area contributed by atoms with Crippen molar-refractivity contribution in [2.45, 2.75) is 44.9 Å². The third-order valence-electron chi connectivity index (χ3n) is 1.56. The van der Waals surface area contributed by atoms with Gasteiger partial charge in [-0.1, -0.05) is 20.8 Å². The highest BCUT2D eigenvalue weighted by atomic mass is 35.5. The van der Waals surface area contributed by atoms with Crippen LogP contribution in [-0.2, 0) is 4.79 Å². The summed E-state index contributed by atoms with van der Waals surface area (Å²) in [6.45, 7) is 8.93. The quantitative estimate of drug-likeness (QED) is 0.787. The van der Waals surface area contributed by atoms with Crippen molar-refractivity contribution in [3.63, 3.8) is 0 Å². The lowest BCUT2D eigenvalue weighted by molar-refractivity contribution is -0.118. The number of carbonyl (C=O) groups is 1. The molecule has 3 nitrogen and oxygen atoms in total. The first-order valence-corrected chi connectivity index (χ1v) is 5.96. The molecule has 0 saturated carbocycles. The zero-order valence-corrected chi connectivity index (χ0v) is 11.6. The molecule has 0 spiro atoms. The van der Waals surface area contributed by atoms with E-state index in [2.05, 4.69) is 26.1 Å². The Hall–Kier alpha value is 0.0700. The van der Waals surface area contributed by atoms with Crippen LogP contribution in [0.3, 0.4) is 0 Å². The summed E-state index contributed by atoms with van der Waals surface area (Å²) in [5.41, 5.74) is 5.57. The number of nitrogens with two attached hydrogens (primary N) is 1. The molecule has 1 atom stereocenters. The minimum atomic E-state index is 0. The number of halogens is 1. The van der Waals surface area contributed by atoms with Gasteiger partial charge in [0.2, 0.25) is 5.91 Å². The molecule has 1 unspecified atom stereocenters. The molecule has 0 aliphatic heterocycles. The van der Waals surface area contributed by atoms with E-state index in [4.69, 9.17) is 5.73 Å². The van der Waals surface area contributed by atoms with Gasteiger partial charge >= 0.3 is 0 Å². The van der Waals surface area contributed by atoms with E-state index in [1.165, 1.54) is 0 Å². The molecule has 0 bridgehead atoms. The van der Waals surface area contributed by atoms with E-state index in [0.29, 0.717) is 12.3 Å². The molecule has 0 radical (unpaired) electrons. The molecule has 15 heavy (non-hydrogen) atoms. The third-order valence-corrected chi connectivity index (χ3v) is 2.83. The minimum absolute atomic E-state index is 0. The first-order chi connectivity index (χ1) is 6.31. The van der Waals surface area contributed by atoms with E-state index >= 15 is 0 Å². The smallest absolute Gasteiger partial charge is 0.230 e. The summed E-state index contributed by atoms with van der Waals surface area (Å²) in [4.78, 5) is 11.3. The van der Waals surface area contributed by atoms with E-state index in [-0.39, 0.29) is 29.1 Å². The van der Waals surface area contributed by atoms with Gasteiger partial charge < -0.3 is 11.1 Å². The number of thioether (sulfide) groups is 1.